The van der Waals surface area contributed by atoms with Crippen molar-refractivity contribution in [3.8, 4) is 0 Å². The summed E-state index contributed by atoms with van der Waals surface area (Å²) < 4.78 is 27.9. The van der Waals surface area contributed by atoms with Crippen LogP contribution in [0.5, 0.6) is 0 Å². The van der Waals surface area contributed by atoms with Crippen molar-refractivity contribution in [1.29, 1.82) is 0 Å². The Morgan fingerprint density at radius 3 is 2.39 bits per heavy atom. The van der Waals surface area contributed by atoms with Crippen molar-refractivity contribution in [1.82, 2.24) is 10.6 Å². The minimum Gasteiger partial charge on any atom is -0.449 e. The summed E-state index contributed by atoms with van der Waals surface area (Å²) >= 11 is 5.85. The summed E-state index contributed by atoms with van der Waals surface area (Å²) in [6, 6.07) is 2.79. The van der Waals surface area contributed by atoms with Gasteiger partial charge >= 0.3 is 12.0 Å². The number of hydrogen-bond donors (Lipinski definition) is 2. The summed E-state index contributed by atoms with van der Waals surface area (Å²) in [5, 5.41) is 4.08. The van der Waals surface area contributed by atoms with Gasteiger partial charge < -0.3 is 10.1 Å². The largest absolute Gasteiger partial charge is 0.449 e. The second-order valence-corrected chi connectivity index (χ2v) is 6.95. The zero-order valence-electron chi connectivity index (χ0n) is 12.5. The molecule has 8 nitrogen and oxygen atoms in total. The van der Waals surface area contributed by atoms with Gasteiger partial charge in [-0.2, -0.15) is 0 Å². The van der Waals surface area contributed by atoms with Gasteiger partial charge in [-0.25, -0.2) is 18.0 Å². The van der Waals surface area contributed by atoms with Gasteiger partial charge in [-0.05, 0) is 25.1 Å². The van der Waals surface area contributed by atoms with Crippen LogP contribution in [0.2, 0.25) is 5.02 Å². The van der Waals surface area contributed by atoms with E-state index >= 15 is 0 Å². The highest BCUT2D eigenvalue weighted by molar-refractivity contribution is 7.90. The van der Waals surface area contributed by atoms with Gasteiger partial charge in [0.1, 0.15) is 0 Å². The fourth-order valence-corrected chi connectivity index (χ4v) is 2.29. The van der Waals surface area contributed by atoms with Gasteiger partial charge in [0.05, 0.1) is 15.5 Å². The number of rotatable bonds is 4. The second kappa shape index (κ2) is 7.42. The van der Waals surface area contributed by atoms with Crippen LogP contribution >= 0.6 is 11.6 Å². The lowest BCUT2D eigenvalue weighted by Gasteiger charge is -2.13. The van der Waals surface area contributed by atoms with Gasteiger partial charge in [0.2, 0.25) is 0 Å². The molecule has 0 spiro atoms. The molecular formula is C13H15ClN2O6S. The molecule has 1 aromatic carbocycles. The number of carbonyl (C=O) groups is 3. The molecule has 0 radical (unpaired) electrons. The number of benzene rings is 1. The predicted molar refractivity (Wildman–Crippen MR) is 82.0 cm³/mol. The standard InChI is InChI=1S/C13H15ClN2O6S/c1-7(11(17)16-13(19)15-2)22-12(18)9-6-8(23(3,20)21)4-5-10(9)14/h4-7H,1-3H3,(H2,15,16,17,19)/t7-/m0/s1. The number of ether oxygens (including phenoxy) is 1. The number of sulfone groups is 1. The third kappa shape index (κ3) is 5.22. The minimum absolute atomic E-state index is 0.0266. The van der Waals surface area contributed by atoms with Gasteiger partial charge in [0.25, 0.3) is 5.91 Å². The van der Waals surface area contributed by atoms with Crippen LogP contribution in [0.3, 0.4) is 0 Å². The minimum atomic E-state index is -3.54. The monoisotopic (exact) mass is 362 g/mol. The van der Waals surface area contributed by atoms with Crippen LogP contribution in [0.1, 0.15) is 17.3 Å². The Labute approximate surface area is 138 Å². The Morgan fingerprint density at radius 1 is 1.26 bits per heavy atom. The molecule has 10 heteroatoms. The first-order valence-corrected chi connectivity index (χ1v) is 8.56. The molecule has 23 heavy (non-hydrogen) atoms. The van der Waals surface area contributed by atoms with Crippen molar-refractivity contribution >= 4 is 39.3 Å². The third-order valence-electron chi connectivity index (χ3n) is 2.70. The maximum absolute atomic E-state index is 12.0. The number of halogens is 1. The molecule has 0 unspecified atom stereocenters. The highest BCUT2D eigenvalue weighted by Gasteiger charge is 2.23. The van der Waals surface area contributed by atoms with E-state index in [1.165, 1.54) is 26.1 Å². The van der Waals surface area contributed by atoms with Crippen molar-refractivity contribution in [3.63, 3.8) is 0 Å². The van der Waals surface area contributed by atoms with Crippen LogP contribution < -0.4 is 10.6 Å². The van der Waals surface area contributed by atoms with Crippen LogP contribution in [0.25, 0.3) is 0 Å². The lowest BCUT2D eigenvalue weighted by molar-refractivity contribution is -0.127. The van der Waals surface area contributed by atoms with E-state index in [4.69, 9.17) is 16.3 Å². The van der Waals surface area contributed by atoms with Gasteiger partial charge in [0, 0.05) is 13.3 Å². The lowest BCUT2D eigenvalue weighted by atomic mass is 10.2. The molecular weight excluding hydrogens is 348 g/mol. The van der Waals surface area contributed by atoms with Crippen molar-refractivity contribution in [2.24, 2.45) is 0 Å². The van der Waals surface area contributed by atoms with E-state index in [2.05, 4.69) is 5.32 Å². The van der Waals surface area contributed by atoms with E-state index in [0.717, 1.165) is 12.3 Å². The molecule has 126 valence electrons. The molecule has 0 bridgehead atoms. The lowest BCUT2D eigenvalue weighted by Crippen LogP contribution is -2.43. The zero-order chi connectivity index (χ0) is 17.8. The van der Waals surface area contributed by atoms with Crippen molar-refractivity contribution in [3.05, 3.63) is 28.8 Å². The first kappa shape index (κ1) is 18.9. The number of urea groups is 1. The molecule has 3 amide bonds. The van der Waals surface area contributed by atoms with Crippen molar-refractivity contribution < 1.29 is 27.5 Å². The second-order valence-electron chi connectivity index (χ2n) is 4.53. The number of esters is 1. The van der Waals surface area contributed by atoms with Gasteiger partial charge in [0.15, 0.2) is 15.9 Å². The zero-order valence-corrected chi connectivity index (χ0v) is 14.1. The van der Waals surface area contributed by atoms with E-state index in [9.17, 15) is 22.8 Å². The molecule has 1 rings (SSSR count). The maximum atomic E-state index is 12.0. The molecule has 2 N–H and O–H groups in total. The molecule has 0 saturated heterocycles. The Bertz CT molecular complexity index is 747. The summed E-state index contributed by atoms with van der Waals surface area (Å²) in [6.45, 7) is 1.25. The first-order chi connectivity index (χ1) is 10.6. The number of nitrogens with one attached hydrogen (secondary N) is 2. The van der Waals surface area contributed by atoms with E-state index < -0.39 is 33.8 Å². The smallest absolute Gasteiger partial charge is 0.340 e. The summed E-state index contributed by atoms with van der Waals surface area (Å²) in [5.74, 6) is -1.83. The predicted octanol–water partition coefficient (Wildman–Crippen LogP) is 0.744. The van der Waals surface area contributed by atoms with E-state index in [-0.39, 0.29) is 15.5 Å². The SMILES string of the molecule is CNC(=O)NC(=O)[C@H](C)OC(=O)c1cc(S(C)(=O)=O)ccc1Cl. The van der Waals surface area contributed by atoms with Gasteiger partial charge in [-0.3, -0.25) is 10.1 Å². The Kier molecular flexibility index (Phi) is 6.11. The fourth-order valence-electron chi connectivity index (χ4n) is 1.45. The summed E-state index contributed by atoms with van der Waals surface area (Å²) in [6.07, 6.45) is -0.303. The normalized spacial score (nSPS) is 12.2. The Hall–Kier alpha value is -2.13. The number of amides is 3. The van der Waals surface area contributed by atoms with Crippen LogP contribution in [-0.4, -0.2) is 45.7 Å². The number of imide groups is 1. The molecule has 0 saturated carbocycles. The molecule has 0 aromatic heterocycles. The molecule has 0 fully saturated rings. The molecule has 0 aliphatic carbocycles. The summed E-state index contributed by atoms with van der Waals surface area (Å²) in [5.41, 5.74) is -0.200. The van der Waals surface area contributed by atoms with Crippen LogP contribution in [0.4, 0.5) is 4.79 Å². The molecule has 0 heterocycles. The third-order valence-corrected chi connectivity index (χ3v) is 4.14. The maximum Gasteiger partial charge on any atom is 0.340 e. The summed E-state index contributed by atoms with van der Waals surface area (Å²) in [4.78, 5) is 34.6. The highest BCUT2D eigenvalue weighted by Crippen LogP contribution is 2.21. The molecule has 0 aliphatic rings. The van der Waals surface area contributed by atoms with Crippen LogP contribution in [0, 0.1) is 0 Å². The van der Waals surface area contributed by atoms with E-state index in [0.29, 0.717) is 0 Å². The summed E-state index contributed by atoms with van der Waals surface area (Å²) in [7, 11) is -2.22. The Morgan fingerprint density at radius 2 is 1.87 bits per heavy atom. The molecule has 1 aromatic rings. The first-order valence-electron chi connectivity index (χ1n) is 6.29. The van der Waals surface area contributed by atoms with Crippen LogP contribution in [0.15, 0.2) is 23.1 Å². The topological polar surface area (TPSA) is 119 Å². The molecule has 1 atom stereocenters. The highest BCUT2D eigenvalue weighted by atomic mass is 35.5. The van der Waals surface area contributed by atoms with E-state index in [1.807, 2.05) is 5.32 Å². The van der Waals surface area contributed by atoms with Crippen molar-refractivity contribution in [2.45, 2.75) is 17.9 Å². The average Bonchev–Trinajstić information content (AvgIpc) is 2.45. The molecule has 0 aliphatic heterocycles. The number of hydrogen-bond acceptors (Lipinski definition) is 6. The quantitative estimate of drug-likeness (QED) is 0.763. The van der Waals surface area contributed by atoms with Crippen LogP contribution in [-0.2, 0) is 19.4 Å². The Balaban J connectivity index is 2.94. The fraction of sp³-hybridized carbons (Fsp3) is 0.308. The average molecular weight is 363 g/mol. The van der Waals surface area contributed by atoms with Gasteiger partial charge in [-0.1, -0.05) is 11.6 Å². The van der Waals surface area contributed by atoms with E-state index in [1.54, 1.807) is 0 Å². The van der Waals surface area contributed by atoms with Gasteiger partial charge in [-0.15, -0.1) is 0 Å². The number of carbonyl (C=O) groups excluding carboxylic acids is 3. The van der Waals surface area contributed by atoms with Crippen molar-refractivity contribution in [2.75, 3.05) is 13.3 Å².